The van der Waals surface area contributed by atoms with Crippen molar-refractivity contribution < 1.29 is 9.59 Å². The van der Waals surface area contributed by atoms with Crippen molar-refractivity contribution in [1.82, 2.24) is 20.2 Å². The van der Waals surface area contributed by atoms with E-state index in [9.17, 15) is 9.59 Å². The zero-order valence-corrected chi connectivity index (χ0v) is 25.3. The van der Waals surface area contributed by atoms with Crippen molar-refractivity contribution in [3.63, 3.8) is 0 Å². The molecule has 0 radical (unpaired) electrons. The molecule has 4 atom stereocenters. The number of amides is 2. The summed E-state index contributed by atoms with van der Waals surface area (Å²) < 4.78 is 0. The van der Waals surface area contributed by atoms with Crippen LogP contribution in [0.25, 0.3) is 11.0 Å². The molecule has 2 aliphatic carbocycles. The number of fused-ring (bicyclic) bond motifs is 4. The Labute approximate surface area is 244 Å². The fourth-order valence-corrected chi connectivity index (χ4v) is 8.45. The molecule has 2 heterocycles. The molecule has 2 aromatic carbocycles. The molecule has 218 valence electrons. The molecule has 1 saturated carbocycles. The van der Waals surface area contributed by atoms with Crippen LogP contribution in [0.3, 0.4) is 0 Å². The molecule has 1 saturated heterocycles. The number of carbonyl (C=O) groups is 2. The molecule has 41 heavy (non-hydrogen) atoms. The van der Waals surface area contributed by atoms with Gasteiger partial charge in [0.2, 0.25) is 11.8 Å². The molecule has 0 unspecified atom stereocenters. The Morgan fingerprint density at radius 3 is 2.73 bits per heavy atom. The molecule has 1 aromatic heterocycles. The van der Waals surface area contributed by atoms with Crippen molar-refractivity contribution >= 4 is 22.8 Å². The van der Waals surface area contributed by atoms with E-state index < -0.39 is 0 Å². The molecule has 2 amide bonds. The van der Waals surface area contributed by atoms with Crippen molar-refractivity contribution in [2.45, 2.75) is 103 Å². The number of rotatable bonds is 7. The van der Waals surface area contributed by atoms with Crippen LogP contribution in [-0.4, -0.2) is 45.8 Å². The molecular formula is C35H46N4O2. The van der Waals surface area contributed by atoms with Gasteiger partial charge in [-0.1, -0.05) is 64.4 Å². The van der Waals surface area contributed by atoms with Crippen LogP contribution in [0.2, 0.25) is 0 Å². The molecule has 0 spiro atoms. The maximum atomic E-state index is 13.6. The molecule has 2 fully saturated rings. The van der Waals surface area contributed by atoms with Gasteiger partial charge in [-0.05, 0) is 90.0 Å². The van der Waals surface area contributed by atoms with Crippen molar-refractivity contribution in [3.05, 3.63) is 65.0 Å². The van der Waals surface area contributed by atoms with Crippen LogP contribution in [-0.2, 0) is 27.8 Å². The van der Waals surface area contributed by atoms with Gasteiger partial charge in [0.25, 0.3) is 0 Å². The number of aryl methyl sites for hydroxylation is 2. The molecule has 3 aromatic rings. The minimum Gasteiger partial charge on any atom is -0.354 e. The van der Waals surface area contributed by atoms with E-state index in [0.29, 0.717) is 37.8 Å². The highest BCUT2D eigenvalue weighted by Gasteiger charge is 2.52. The standard InChI is InChI=1S/C35H46N4O2/c1-23(2)24-12-14-26-25(21-24)13-15-30-34(3,18-8-19-35(26,30)4)22-36-33(41)29-11-7-20-39(29)32(40)17-16-31-37-27-9-5-6-10-28(27)38-31/h5-6,9-10,12,14,21,23,29-30H,7-8,11,13,15-20,22H2,1-4H3,(H,36,41)(H,37,38)/t29-,30-,34-,35+/m0/s1. The first kappa shape index (κ1) is 28.0. The lowest BCUT2D eigenvalue weighted by molar-refractivity contribution is -0.138. The average molecular weight is 555 g/mol. The Hall–Kier alpha value is -3.15. The lowest BCUT2D eigenvalue weighted by Crippen LogP contribution is -2.55. The topological polar surface area (TPSA) is 78.1 Å². The van der Waals surface area contributed by atoms with Gasteiger partial charge in [-0.15, -0.1) is 0 Å². The Morgan fingerprint density at radius 1 is 1.10 bits per heavy atom. The number of nitrogens with one attached hydrogen (secondary N) is 2. The molecular weight excluding hydrogens is 508 g/mol. The average Bonchev–Trinajstić information content (AvgIpc) is 3.62. The summed E-state index contributed by atoms with van der Waals surface area (Å²) in [6, 6.07) is 14.8. The summed E-state index contributed by atoms with van der Waals surface area (Å²) in [5, 5.41) is 3.36. The van der Waals surface area contributed by atoms with Gasteiger partial charge in [0.05, 0.1) is 11.0 Å². The monoisotopic (exact) mass is 554 g/mol. The van der Waals surface area contributed by atoms with Crippen molar-refractivity contribution in [2.75, 3.05) is 13.1 Å². The van der Waals surface area contributed by atoms with Crippen LogP contribution in [0.5, 0.6) is 0 Å². The highest BCUT2D eigenvalue weighted by atomic mass is 16.2. The number of aromatic amines is 1. The Bertz CT molecular complexity index is 1410. The number of imidazole rings is 1. The summed E-state index contributed by atoms with van der Waals surface area (Å²) in [4.78, 5) is 36.5. The van der Waals surface area contributed by atoms with Crippen LogP contribution in [0.4, 0.5) is 0 Å². The fourth-order valence-electron chi connectivity index (χ4n) is 8.45. The fraction of sp³-hybridized carbons (Fsp3) is 0.571. The number of benzene rings is 2. The lowest BCUT2D eigenvalue weighted by atomic mass is 9.49. The largest absolute Gasteiger partial charge is 0.354 e. The Kier molecular flexibility index (Phi) is 7.46. The number of hydrogen-bond acceptors (Lipinski definition) is 3. The predicted octanol–water partition coefficient (Wildman–Crippen LogP) is 6.44. The van der Waals surface area contributed by atoms with E-state index in [0.717, 1.165) is 42.5 Å². The zero-order chi connectivity index (χ0) is 28.8. The van der Waals surface area contributed by atoms with Crippen molar-refractivity contribution in [3.8, 4) is 0 Å². The van der Waals surface area contributed by atoms with Gasteiger partial charge in [0, 0.05) is 25.9 Å². The van der Waals surface area contributed by atoms with Gasteiger partial charge >= 0.3 is 0 Å². The van der Waals surface area contributed by atoms with Gasteiger partial charge in [-0.3, -0.25) is 9.59 Å². The lowest BCUT2D eigenvalue weighted by Gasteiger charge is -2.55. The van der Waals surface area contributed by atoms with Crippen LogP contribution in [0.15, 0.2) is 42.5 Å². The molecule has 1 aliphatic heterocycles. The summed E-state index contributed by atoms with van der Waals surface area (Å²) in [5.41, 5.74) is 6.60. The highest BCUT2D eigenvalue weighted by Crippen LogP contribution is 2.57. The molecule has 6 nitrogen and oxygen atoms in total. The number of likely N-dealkylation sites (tertiary alicyclic amines) is 1. The number of aromatic nitrogens is 2. The Balaban J connectivity index is 1.09. The van der Waals surface area contributed by atoms with Crippen LogP contribution >= 0.6 is 0 Å². The highest BCUT2D eigenvalue weighted by molar-refractivity contribution is 5.88. The van der Waals surface area contributed by atoms with Crippen molar-refractivity contribution in [2.24, 2.45) is 11.3 Å². The first-order valence-electron chi connectivity index (χ1n) is 15.8. The predicted molar refractivity (Wildman–Crippen MR) is 164 cm³/mol. The smallest absolute Gasteiger partial charge is 0.242 e. The minimum atomic E-state index is -0.363. The maximum absolute atomic E-state index is 13.6. The molecule has 6 heteroatoms. The third-order valence-corrected chi connectivity index (χ3v) is 10.7. The molecule has 2 N–H and O–H groups in total. The summed E-state index contributed by atoms with van der Waals surface area (Å²) >= 11 is 0. The normalized spacial score (nSPS) is 27.6. The second-order valence-electron chi connectivity index (χ2n) is 13.8. The summed E-state index contributed by atoms with van der Waals surface area (Å²) in [7, 11) is 0. The second kappa shape index (κ2) is 10.9. The van der Waals surface area contributed by atoms with E-state index in [2.05, 4.69) is 61.2 Å². The van der Waals surface area contributed by atoms with Gasteiger partial charge in [0.15, 0.2) is 0 Å². The number of para-hydroxylation sites is 2. The van der Waals surface area contributed by atoms with Crippen LogP contribution in [0.1, 0.15) is 101 Å². The minimum absolute atomic E-state index is 0.0193. The molecule has 0 bridgehead atoms. The van der Waals surface area contributed by atoms with E-state index in [1.165, 1.54) is 36.0 Å². The van der Waals surface area contributed by atoms with Gasteiger partial charge in [-0.25, -0.2) is 4.98 Å². The van der Waals surface area contributed by atoms with Gasteiger partial charge < -0.3 is 15.2 Å². The zero-order valence-electron chi connectivity index (χ0n) is 25.3. The van der Waals surface area contributed by atoms with Crippen LogP contribution in [0, 0.1) is 11.3 Å². The third-order valence-electron chi connectivity index (χ3n) is 10.7. The SMILES string of the molecule is CC(C)c1ccc2c(c1)CC[C@H]1[C@](C)(CNC(=O)[C@@H]3CCCN3C(=O)CCc3nc4ccccc4[nH]3)CCC[C@]21C. The quantitative estimate of drug-likeness (QED) is 0.353. The second-order valence-corrected chi connectivity index (χ2v) is 13.8. The van der Waals surface area contributed by atoms with Gasteiger partial charge in [0.1, 0.15) is 11.9 Å². The summed E-state index contributed by atoms with van der Waals surface area (Å²) in [6.45, 7) is 10.8. The molecule has 3 aliphatic rings. The van der Waals surface area contributed by atoms with Gasteiger partial charge in [-0.2, -0.15) is 0 Å². The van der Waals surface area contributed by atoms with E-state index in [1.54, 1.807) is 0 Å². The van der Waals surface area contributed by atoms with E-state index >= 15 is 0 Å². The summed E-state index contributed by atoms with van der Waals surface area (Å²) in [6.07, 6.45) is 8.36. The first-order valence-corrected chi connectivity index (χ1v) is 15.8. The maximum Gasteiger partial charge on any atom is 0.242 e. The van der Waals surface area contributed by atoms with E-state index in [1.807, 2.05) is 29.2 Å². The van der Waals surface area contributed by atoms with E-state index in [-0.39, 0.29) is 28.7 Å². The third kappa shape index (κ3) is 5.19. The number of nitrogens with zero attached hydrogens (tertiary/aromatic N) is 2. The summed E-state index contributed by atoms with van der Waals surface area (Å²) in [5.74, 6) is 1.97. The first-order chi connectivity index (χ1) is 19.7. The van der Waals surface area contributed by atoms with E-state index in [4.69, 9.17) is 0 Å². The number of H-pyrrole nitrogens is 1. The Morgan fingerprint density at radius 2 is 1.93 bits per heavy atom. The molecule has 6 rings (SSSR count). The number of carbonyl (C=O) groups excluding carboxylic acids is 2. The van der Waals surface area contributed by atoms with Crippen LogP contribution < -0.4 is 5.32 Å². The number of hydrogen-bond donors (Lipinski definition) is 2. The van der Waals surface area contributed by atoms with Crippen molar-refractivity contribution in [1.29, 1.82) is 0 Å².